The summed E-state index contributed by atoms with van der Waals surface area (Å²) >= 11 is 0. The Morgan fingerprint density at radius 2 is 1.96 bits per heavy atom. The molecule has 1 saturated heterocycles. The molecule has 0 aliphatic carbocycles. The molecule has 1 aromatic heterocycles. The SMILES string of the molecule is C[C@H]1CN(CCCCNC(=O)Cc2cccc3cccnc23)C[C@H](C)O1. The van der Waals surface area contributed by atoms with Gasteiger partial charge in [0.15, 0.2) is 0 Å². The molecule has 1 aliphatic rings. The third-order valence-electron chi connectivity index (χ3n) is 4.79. The molecule has 2 aromatic rings. The highest BCUT2D eigenvalue weighted by atomic mass is 16.5. The van der Waals surface area contributed by atoms with E-state index in [1.54, 1.807) is 6.20 Å². The van der Waals surface area contributed by atoms with Crippen LogP contribution in [0, 0.1) is 0 Å². The van der Waals surface area contributed by atoms with Gasteiger partial charge in [-0.15, -0.1) is 0 Å². The zero-order valence-corrected chi connectivity index (χ0v) is 15.8. The fourth-order valence-electron chi connectivity index (χ4n) is 3.70. The second-order valence-electron chi connectivity index (χ2n) is 7.24. The Balaban J connectivity index is 1.38. The molecule has 26 heavy (non-hydrogen) atoms. The molecule has 1 aromatic carbocycles. The smallest absolute Gasteiger partial charge is 0.224 e. The molecule has 0 radical (unpaired) electrons. The molecule has 2 atom stereocenters. The number of pyridine rings is 1. The Hall–Kier alpha value is -1.98. The molecule has 2 heterocycles. The summed E-state index contributed by atoms with van der Waals surface area (Å²) in [5.41, 5.74) is 1.90. The Bertz CT molecular complexity index is 719. The fraction of sp³-hybridized carbons (Fsp3) is 0.524. The minimum absolute atomic E-state index is 0.0665. The van der Waals surface area contributed by atoms with E-state index in [0.717, 1.165) is 55.5 Å². The van der Waals surface area contributed by atoms with Crippen LogP contribution in [-0.4, -0.2) is 54.2 Å². The van der Waals surface area contributed by atoms with E-state index in [-0.39, 0.29) is 5.91 Å². The lowest BCUT2D eigenvalue weighted by molar-refractivity contribution is -0.120. The van der Waals surface area contributed by atoms with Crippen LogP contribution in [0.15, 0.2) is 36.5 Å². The number of carbonyl (C=O) groups is 1. The van der Waals surface area contributed by atoms with Crippen molar-refractivity contribution in [3.05, 3.63) is 42.1 Å². The predicted octanol–water partition coefficient (Wildman–Crippen LogP) is 2.78. The van der Waals surface area contributed by atoms with Gasteiger partial charge in [-0.2, -0.15) is 0 Å². The number of aromatic nitrogens is 1. The van der Waals surface area contributed by atoms with E-state index >= 15 is 0 Å². The first-order chi connectivity index (χ1) is 12.6. The van der Waals surface area contributed by atoms with Gasteiger partial charge in [0.2, 0.25) is 5.91 Å². The fourth-order valence-corrected chi connectivity index (χ4v) is 3.70. The van der Waals surface area contributed by atoms with Crippen molar-refractivity contribution in [1.29, 1.82) is 0 Å². The van der Waals surface area contributed by atoms with Gasteiger partial charge in [-0.3, -0.25) is 14.7 Å². The number of hydrogen-bond acceptors (Lipinski definition) is 4. The average Bonchev–Trinajstić information content (AvgIpc) is 2.61. The van der Waals surface area contributed by atoms with Crippen molar-refractivity contribution in [2.45, 2.75) is 45.3 Å². The van der Waals surface area contributed by atoms with E-state index in [1.165, 1.54) is 0 Å². The zero-order chi connectivity index (χ0) is 18.4. The number of amides is 1. The van der Waals surface area contributed by atoms with Crippen molar-refractivity contribution in [3.8, 4) is 0 Å². The number of morpholine rings is 1. The average molecular weight is 355 g/mol. The van der Waals surface area contributed by atoms with Crippen molar-refractivity contribution in [2.75, 3.05) is 26.2 Å². The summed E-state index contributed by atoms with van der Waals surface area (Å²) in [6, 6.07) is 9.93. The number of nitrogens with one attached hydrogen (secondary N) is 1. The first-order valence-corrected chi connectivity index (χ1v) is 9.59. The topological polar surface area (TPSA) is 54.5 Å². The molecule has 3 rings (SSSR count). The zero-order valence-electron chi connectivity index (χ0n) is 15.8. The molecule has 5 nitrogen and oxygen atoms in total. The number of nitrogens with zero attached hydrogens (tertiary/aromatic N) is 2. The van der Waals surface area contributed by atoms with Gasteiger partial charge < -0.3 is 10.1 Å². The van der Waals surface area contributed by atoms with Gasteiger partial charge in [-0.25, -0.2) is 0 Å². The maximum atomic E-state index is 12.2. The normalized spacial score (nSPS) is 21.0. The van der Waals surface area contributed by atoms with E-state index in [2.05, 4.69) is 29.0 Å². The third kappa shape index (κ3) is 5.26. The number of ether oxygens (including phenoxy) is 1. The van der Waals surface area contributed by atoms with Crippen molar-refractivity contribution in [3.63, 3.8) is 0 Å². The van der Waals surface area contributed by atoms with Crippen molar-refractivity contribution < 1.29 is 9.53 Å². The van der Waals surface area contributed by atoms with Crippen LogP contribution in [0.1, 0.15) is 32.3 Å². The van der Waals surface area contributed by atoms with Crippen LogP contribution in [0.5, 0.6) is 0 Å². The monoisotopic (exact) mass is 355 g/mol. The lowest BCUT2D eigenvalue weighted by Gasteiger charge is -2.35. The highest BCUT2D eigenvalue weighted by molar-refractivity contribution is 5.87. The van der Waals surface area contributed by atoms with Gasteiger partial charge in [0.25, 0.3) is 0 Å². The number of rotatable bonds is 7. The van der Waals surface area contributed by atoms with E-state index in [0.29, 0.717) is 18.6 Å². The van der Waals surface area contributed by atoms with Crippen molar-refractivity contribution in [2.24, 2.45) is 0 Å². The molecule has 0 spiro atoms. The summed E-state index contributed by atoms with van der Waals surface area (Å²) in [5.74, 6) is 0.0665. The van der Waals surface area contributed by atoms with Crippen LogP contribution >= 0.6 is 0 Å². The van der Waals surface area contributed by atoms with Crippen molar-refractivity contribution in [1.82, 2.24) is 15.2 Å². The van der Waals surface area contributed by atoms with E-state index < -0.39 is 0 Å². The second-order valence-corrected chi connectivity index (χ2v) is 7.24. The van der Waals surface area contributed by atoms with Crippen LogP contribution in [0.3, 0.4) is 0 Å². The van der Waals surface area contributed by atoms with Crippen LogP contribution < -0.4 is 5.32 Å². The van der Waals surface area contributed by atoms with Gasteiger partial charge in [0.1, 0.15) is 0 Å². The lowest BCUT2D eigenvalue weighted by Crippen LogP contribution is -2.45. The van der Waals surface area contributed by atoms with Crippen molar-refractivity contribution >= 4 is 16.8 Å². The van der Waals surface area contributed by atoms with Gasteiger partial charge in [0, 0.05) is 31.2 Å². The summed E-state index contributed by atoms with van der Waals surface area (Å²) in [6.45, 7) is 8.07. The predicted molar refractivity (Wildman–Crippen MR) is 104 cm³/mol. The summed E-state index contributed by atoms with van der Waals surface area (Å²) in [6.07, 6.45) is 4.87. The quantitative estimate of drug-likeness (QED) is 0.776. The number of benzene rings is 1. The van der Waals surface area contributed by atoms with Crippen LogP contribution in [-0.2, 0) is 16.0 Å². The standard InChI is InChI=1S/C21H29N3O2/c1-16-14-24(15-17(2)26-16)12-4-3-10-22-20(25)13-19-8-5-7-18-9-6-11-23-21(18)19/h5-9,11,16-17H,3-4,10,12-15H2,1-2H3,(H,22,25)/t16-,17-/m0/s1. The summed E-state index contributed by atoms with van der Waals surface area (Å²) in [4.78, 5) is 19.1. The summed E-state index contributed by atoms with van der Waals surface area (Å²) in [5, 5.41) is 4.12. The number of unbranched alkanes of at least 4 members (excludes halogenated alkanes) is 1. The molecule has 0 saturated carbocycles. The van der Waals surface area contributed by atoms with Crippen LogP contribution in [0.2, 0.25) is 0 Å². The number of hydrogen-bond donors (Lipinski definition) is 1. The maximum Gasteiger partial charge on any atom is 0.224 e. The molecule has 5 heteroatoms. The van der Waals surface area contributed by atoms with Gasteiger partial charge >= 0.3 is 0 Å². The molecule has 1 N–H and O–H groups in total. The van der Waals surface area contributed by atoms with E-state index in [1.807, 2.05) is 30.3 Å². The van der Waals surface area contributed by atoms with Gasteiger partial charge in [-0.1, -0.05) is 24.3 Å². The highest BCUT2D eigenvalue weighted by Crippen LogP contribution is 2.16. The second kappa shape index (κ2) is 9.10. The molecule has 1 aliphatic heterocycles. The largest absolute Gasteiger partial charge is 0.373 e. The third-order valence-corrected chi connectivity index (χ3v) is 4.79. The van der Waals surface area contributed by atoms with E-state index in [4.69, 9.17) is 4.74 Å². The number of para-hydroxylation sites is 1. The minimum Gasteiger partial charge on any atom is -0.373 e. The van der Waals surface area contributed by atoms with Crippen LogP contribution in [0.25, 0.3) is 10.9 Å². The Morgan fingerprint density at radius 1 is 1.19 bits per heavy atom. The molecular formula is C21H29N3O2. The van der Waals surface area contributed by atoms with Crippen LogP contribution in [0.4, 0.5) is 0 Å². The Morgan fingerprint density at radius 3 is 2.77 bits per heavy atom. The molecule has 140 valence electrons. The number of carbonyl (C=O) groups excluding carboxylic acids is 1. The first-order valence-electron chi connectivity index (χ1n) is 9.59. The molecule has 0 bridgehead atoms. The molecule has 0 unspecified atom stereocenters. The lowest BCUT2D eigenvalue weighted by atomic mass is 10.1. The summed E-state index contributed by atoms with van der Waals surface area (Å²) < 4.78 is 5.76. The molecular weight excluding hydrogens is 326 g/mol. The van der Waals surface area contributed by atoms with E-state index in [9.17, 15) is 4.79 Å². The number of fused-ring (bicyclic) bond motifs is 1. The maximum absolute atomic E-state index is 12.2. The van der Waals surface area contributed by atoms with Gasteiger partial charge in [-0.05, 0) is 44.9 Å². The molecule has 1 amide bonds. The molecule has 1 fully saturated rings. The highest BCUT2D eigenvalue weighted by Gasteiger charge is 2.21. The van der Waals surface area contributed by atoms with Gasteiger partial charge in [0.05, 0.1) is 24.1 Å². The first kappa shape index (κ1) is 18.8. The Kier molecular flexibility index (Phi) is 6.58. The summed E-state index contributed by atoms with van der Waals surface area (Å²) in [7, 11) is 0. The minimum atomic E-state index is 0.0665. The Labute approximate surface area is 155 Å².